The molecule has 0 N–H and O–H groups in total. The predicted octanol–water partition coefficient (Wildman–Crippen LogP) is 9.19. The Kier molecular flexibility index (Phi) is 10.7. The molecule has 8 rings (SSSR count). The van der Waals surface area contributed by atoms with Crippen molar-refractivity contribution in [2.45, 2.75) is 93.2 Å². The van der Waals surface area contributed by atoms with Gasteiger partial charge in [-0.3, -0.25) is 24.0 Å². The highest BCUT2D eigenvalue weighted by molar-refractivity contribution is 6.02. The van der Waals surface area contributed by atoms with E-state index in [2.05, 4.69) is 57.7 Å². The van der Waals surface area contributed by atoms with E-state index in [-0.39, 0.29) is 64.8 Å². The number of alkyl halides is 1. The number of allylic oxidation sites excluding steroid dienone is 15. The molecule has 9 heteroatoms. The molecule has 0 aromatic carbocycles. The van der Waals surface area contributed by atoms with Crippen molar-refractivity contribution in [1.82, 2.24) is 0 Å². The Morgan fingerprint density at radius 1 is 0.707 bits per heavy atom. The van der Waals surface area contributed by atoms with Crippen molar-refractivity contribution >= 4 is 29.5 Å². The molecule has 0 spiro atoms. The Hall–Kier alpha value is -4.92. The van der Waals surface area contributed by atoms with E-state index in [0.29, 0.717) is 48.0 Å². The Bertz CT molecular complexity index is 2170. The van der Waals surface area contributed by atoms with Gasteiger partial charge in [-0.1, -0.05) is 74.1 Å². The van der Waals surface area contributed by atoms with Gasteiger partial charge in [-0.25, -0.2) is 4.39 Å². The van der Waals surface area contributed by atoms with Crippen LogP contribution in [0, 0.1) is 45.3 Å². The first-order valence-electron chi connectivity index (χ1n) is 20.5. The number of carbonyl (C=O) groups excluding carboxylic acids is 5. The lowest BCUT2D eigenvalue weighted by atomic mass is 9.52. The Morgan fingerprint density at radius 2 is 1.29 bits per heavy atom. The zero-order valence-electron chi connectivity index (χ0n) is 34.7. The van der Waals surface area contributed by atoms with Crippen molar-refractivity contribution in [3.05, 3.63) is 118 Å². The normalized spacial score (nSPS) is 36.0. The lowest BCUT2D eigenvalue weighted by Crippen LogP contribution is -2.46. The minimum atomic E-state index is -1.16. The second-order valence-electron chi connectivity index (χ2n) is 18.1. The standard InChI is InChI=1S/C26H30O4.C23H25FO4/c1-16(15-29-17(2)27)22-8-9-23-21-7-6-19-14-20(30-18(3)28)10-12-25(19,4)24(21)11-13-26(22,23)5;1-13(25)28-12-21(27)18-5-4-16-15-11-20(24)19-10-14(26)6-8-23(19,3)17(15)7-9-22(16,18)2/h6,8,10-12,14,21,23H,1,7,9,13,15H2,2-5H3;5-8,10,15-16,20H,4,9,11-12H2,1-3H3/t21?,23?,25-,26+;15?,16?,20-,22-,23+/m00/s1. The van der Waals surface area contributed by atoms with E-state index < -0.39 is 17.6 Å². The van der Waals surface area contributed by atoms with Gasteiger partial charge in [0.1, 0.15) is 18.5 Å². The first-order chi connectivity index (χ1) is 27.3. The van der Waals surface area contributed by atoms with Crippen LogP contribution in [0.15, 0.2) is 118 Å². The van der Waals surface area contributed by atoms with E-state index in [9.17, 15) is 24.0 Å². The van der Waals surface area contributed by atoms with Crippen LogP contribution in [0.4, 0.5) is 4.39 Å². The zero-order valence-corrected chi connectivity index (χ0v) is 34.7. The smallest absolute Gasteiger partial charge is 0.308 e. The topological polar surface area (TPSA) is 113 Å². The van der Waals surface area contributed by atoms with Crippen molar-refractivity contribution in [2.24, 2.45) is 45.3 Å². The third-order valence-corrected chi connectivity index (χ3v) is 14.6. The van der Waals surface area contributed by atoms with Gasteiger partial charge in [0.2, 0.25) is 0 Å². The van der Waals surface area contributed by atoms with E-state index >= 15 is 4.39 Å². The summed E-state index contributed by atoms with van der Waals surface area (Å²) in [5, 5.41) is 0. The number of fused-ring (bicyclic) bond motifs is 10. The molecule has 0 saturated heterocycles. The zero-order chi connectivity index (χ0) is 41.9. The van der Waals surface area contributed by atoms with Crippen LogP contribution in [0.2, 0.25) is 0 Å². The fourth-order valence-electron chi connectivity index (χ4n) is 11.7. The van der Waals surface area contributed by atoms with E-state index in [4.69, 9.17) is 14.2 Å². The molecule has 0 aliphatic heterocycles. The average Bonchev–Trinajstić information content (AvgIpc) is 3.71. The van der Waals surface area contributed by atoms with Crippen molar-refractivity contribution in [2.75, 3.05) is 13.2 Å². The number of ketones is 2. The van der Waals surface area contributed by atoms with Crippen LogP contribution >= 0.6 is 0 Å². The van der Waals surface area contributed by atoms with Crippen LogP contribution in [-0.2, 0) is 38.2 Å². The van der Waals surface area contributed by atoms with Crippen LogP contribution in [0.5, 0.6) is 0 Å². The molecule has 8 nitrogen and oxygen atoms in total. The van der Waals surface area contributed by atoms with Gasteiger partial charge < -0.3 is 14.2 Å². The third-order valence-electron chi connectivity index (χ3n) is 14.6. The second-order valence-corrected chi connectivity index (χ2v) is 18.1. The fourth-order valence-corrected chi connectivity index (χ4v) is 11.7. The number of hydrogen-bond donors (Lipinski definition) is 0. The molecular formula is C49H55FO8. The van der Waals surface area contributed by atoms with Crippen molar-refractivity contribution in [1.29, 1.82) is 0 Å². The molecule has 0 bridgehead atoms. The summed E-state index contributed by atoms with van der Waals surface area (Å²) in [6.45, 7) is 17.0. The minimum Gasteiger partial charge on any atom is -0.461 e. The SMILES string of the molecule is C=C(COC(C)=O)C1=CCC2C3CC=C4C=C(OC(C)=O)C=C[C@]4(C)C3=CC[C@]12C.CC(=O)OCC(=O)C1=CCC2C3C[C@H](F)C4=CC(=O)C=C[C@]4(C)C3=CC[C@]12C. The number of halogens is 1. The van der Waals surface area contributed by atoms with Crippen LogP contribution in [-0.4, -0.2) is 48.9 Å². The van der Waals surface area contributed by atoms with Gasteiger partial charge in [-0.2, -0.15) is 0 Å². The Balaban J connectivity index is 0.000000177. The van der Waals surface area contributed by atoms with Crippen LogP contribution < -0.4 is 0 Å². The lowest BCUT2D eigenvalue weighted by molar-refractivity contribution is -0.145. The van der Waals surface area contributed by atoms with E-state index in [1.807, 2.05) is 31.2 Å². The molecule has 8 aliphatic carbocycles. The highest BCUT2D eigenvalue weighted by Gasteiger charge is 2.56. The second kappa shape index (κ2) is 15.0. The van der Waals surface area contributed by atoms with Gasteiger partial charge >= 0.3 is 17.9 Å². The molecule has 1 fully saturated rings. The summed E-state index contributed by atoms with van der Waals surface area (Å²) in [5.41, 5.74) is 6.18. The largest absolute Gasteiger partial charge is 0.461 e. The maximum Gasteiger partial charge on any atom is 0.308 e. The van der Waals surface area contributed by atoms with Gasteiger partial charge in [0.25, 0.3) is 0 Å². The molecule has 9 atom stereocenters. The number of esters is 3. The summed E-state index contributed by atoms with van der Waals surface area (Å²) in [6.07, 6.45) is 25.6. The number of rotatable bonds is 7. The van der Waals surface area contributed by atoms with Crippen molar-refractivity contribution in [3.8, 4) is 0 Å². The van der Waals surface area contributed by atoms with Crippen LogP contribution in [0.3, 0.4) is 0 Å². The maximum absolute atomic E-state index is 15.1. The van der Waals surface area contributed by atoms with Gasteiger partial charge in [-0.15, -0.1) is 0 Å². The van der Waals surface area contributed by atoms with Gasteiger partial charge in [0.15, 0.2) is 18.2 Å². The molecule has 0 aromatic heterocycles. The summed E-state index contributed by atoms with van der Waals surface area (Å²) in [6, 6.07) is 0. The fraction of sp³-hybridized carbons (Fsp3) is 0.490. The molecule has 58 heavy (non-hydrogen) atoms. The first kappa shape index (κ1) is 41.2. The van der Waals surface area contributed by atoms with Gasteiger partial charge in [0.05, 0.1) is 0 Å². The van der Waals surface area contributed by atoms with Crippen LogP contribution in [0.1, 0.15) is 87.0 Å². The molecule has 0 radical (unpaired) electrons. The molecule has 8 aliphatic rings. The predicted molar refractivity (Wildman–Crippen MR) is 218 cm³/mol. The molecular weight excluding hydrogens is 736 g/mol. The highest BCUT2D eigenvalue weighted by Crippen LogP contribution is 2.64. The monoisotopic (exact) mass is 790 g/mol. The summed E-state index contributed by atoms with van der Waals surface area (Å²) < 4.78 is 30.6. The molecule has 0 aromatic rings. The van der Waals surface area contributed by atoms with E-state index in [1.165, 1.54) is 55.2 Å². The minimum absolute atomic E-state index is 0.0176. The molecule has 306 valence electrons. The Labute approximate surface area is 341 Å². The Morgan fingerprint density at radius 3 is 1.95 bits per heavy atom. The third kappa shape index (κ3) is 6.92. The maximum atomic E-state index is 15.1. The quantitative estimate of drug-likeness (QED) is 0.143. The average molecular weight is 791 g/mol. The number of ether oxygens (including phenoxy) is 3. The molecule has 4 unspecified atom stereocenters. The number of Topliss-reactive ketones (excluding diaryl/α,β-unsaturated/α-hetero) is 1. The first-order valence-corrected chi connectivity index (χ1v) is 20.5. The highest BCUT2D eigenvalue weighted by atomic mass is 19.1. The summed E-state index contributed by atoms with van der Waals surface area (Å²) >= 11 is 0. The molecule has 0 heterocycles. The van der Waals surface area contributed by atoms with Gasteiger partial charge in [0, 0.05) is 42.6 Å². The van der Waals surface area contributed by atoms with Crippen molar-refractivity contribution < 1.29 is 42.6 Å². The molecule has 0 amide bonds. The lowest BCUT2D eigenvalue weighted by Gasteiger charge is -2.52. The van der Waals surface area contributed by atoms with E-state index in [1.54, 1.807) is 0 Å². The summed E-state index contributed by atoms with van der Waals surface area (Å²) in [4.78, 5) is 58.1. The molecule has 1 saturated carbocycles. The van der Waals surface area contributed by atoms with E-state index in [0.717, 1.165) is 24.8 Å². The summed E-state index contributed by atoms with van der Waals surface area (Å²) in [5.74, 6) is 0.353. The number of carbonyl (C=O) groups is 5. The van der Waals surface area contributed by atoms with Crippen molar-refractivity contribution in [3.63, 3.8) is 0 Å². The van der Waals surface area contributed by atoms with Crippen LogP contribution in [0.25, 0.3) is 0 Å². The summed E-state index contributed by atoms with van der Waals surface area (Å²) in [7, 11) is 0. The number of hydrogen-bond acceptors (Lipinski definition) is 8. The van der Waals surface area contributed by atoms with Gasteiger partial charge in [-0.05, 0) is 128 Å².